The summed E-state index contributed by atoms with van der Waals surface area (Å²) in [6, 6.07) is 0. The van der Waals surface area contributed by atoms with E-state index in [0.29, 0.717) is 38.8 Å². The van der Waals surface area contributed by atoms with Gasteiger partial charge in [-0.2, -0.15) is 0 Å². The third kappa shape index (κ3) is 5.46. The molecule has 0 aliphatic heterocycles. The molecule has 0 atom stereocenters. The molecule has 0 heterocycles. The van der Waals surface area contributed by atoms with Crippen molar-refractivity contribution < 1.29 is 19.8 Å². The van der Waals surface area contributed by atoms with Gasteiger partial charge in [0.2, 0.25) is 5.91 Å². The van der Waals surface area contributed by atoms with E-state index in [1.165, 1.54) is 0 Å². The van der Waals surface area contributed by atoms with Gasteiger partial charge in [-0.1, -0.05) is 6.92 Å². The molecule has 20 heavy (non-hydrogen) atoms. The minimum atomic E-state index is -0.869. The molecule has 1 rings (SSSR count). The van der Waals surface area contributed by atoms with Crippen molar-refractivity contribution in [1.82, 2.24) is 10.2 Å². The van der Waals surface area contributed by atoms with Crippen LogP contribution in [0.2, 0.25) is 0 Å². The topological polar surface area (TPSA) is 89.9 Å². The molecule has 1 amide bonds. The number of rotatable bonds is 7. The molecule has 0 aromatic rings. The average molecular weight is 286 g/mol. The van der Waals surface area contributed by atoms with E-state index >= 15 is 0 Å². The summed E-state index contributed by atoms with van der Waals surface area (Å²) in [6.45, 7) is 3.31. The second kappa shape index (κ2) is 7.59. The molecule has 0 unspecified atom stereocenters. The fourth-order valence-electron chi connectivity index (χ4n) is 2.68. The first-order chi connectivity index (χ1) is 9.36. The molecular formula is C14H26N2O4. The monoisotopic (exact) mass is 286 g/mol. The van der Waals surface area contributed by atoms with E-state index in [9.17, 15) is 14.7 Å². The summed E-state index contributed by atoms with van der Waals surface area (Å²) < 4.78 is 0. The largest absolute Gasteiger partial charge is 0.481 e. The Morgan fingerprint density at radius 3 is 2.45 bits per heavy atom. The minimum absolute atomic E-state index is 0.0443. The molecule has 1 saturated carbocycles. The summed E-state index contributed by atoms with van der Waals surface area (Å²) >= 11 is 0. The van der Waals surface area contributed by atoms with Gasteiger partial charge < -0.3 is 15.5 Å². The molecule has 1 aliphatic rings. The first-order valence-electron chi connectivity index (χ1n) is 7.27. The predicted molar refractivity (Wildman–Crippen MR) is 75.3 cm³/mol. The standard InChI is InChI=1S/C14H26N2O4/c1-3-8-15-12(17)9-16(2)10-14(20)6-4-11(5-7-14)13(18)19/h11,20H,3-10H2,1-2H3,(H,15,17)(H,18,19). The number of aliphatic carboxylic acids is 1. The Morgan fingerprint density at radius 1 is 1.35 bits per heavy atom. The van der Waals surface area contributed by atoms with Crippen LogP contribution in [0.4, 0.5) is 0 Å². The van der Waals surface area contributed by atoms with Crippen molar-refractivity contribution in [2.75, 3.05) is 26.7 Å². The van der Waals surface area contributed by atoms with Gasteiger partial charge >= 0.3 is 5.97 Å². The third-order valence-corrected chi connectivity index (χ3v) is 3.82. The van der Waals surface area contributed by atoms with E-state index in [0.717, 1.165) is 6.42 Å². The zero-order chi connectivity index (χ0) is 15.2. The van der Waals surface area contributed by atoms with Gasteiger partial charge in [-0.3, -0.25) is 14.5 Å². The van der Waals surface area contributed by atoms with E-state index in [-0.39, 0.29) is 18.4 Å². The smallest absolute Gasteiger partial charge is 0.306 e. The lowest BCUT2D eigenvalue weighted by Crippen LogP contribution is -2.47. The molecule has 6 heteroatoms. The van der Waals surface area contributed by atoms with Crippen molar-refractivity contribution in [3.05, 3.63) is 0 Å². The van der Waals surface area contributed by atoms with Crippen LogP contribution in [-0.4, -0.2) is 59.3 Å². The number of aliphatic hydroxyl groups is 1. The lowest BCUT2D eigenvalue weighted by atomic mass is 9.78. The number of carboxylic acid groups (broad SMARTS) is 1. The van der Waals surface area contributed by atoms with Crippen molar-refractivity contribution in [3.63, 3.8) is 0 Å². The number of nitrogens with zero attached hydrogens (tertiary/aromatic N) is 1. The first kappa shape index (κ1) is 16.9. The van der Waals surface area contributed by atoms with Crippen LogP contribution in [-0.2, 0) is 9.59 Å². The van der Waals surface area contributed by atoms with Crippen molar-refractivity contribution in [2.45, 2.75) is 44.6 Å². The molecule has 0 aromatic carbocycles. The van der Waals surface area contributed by atoms with Gasteiger partial charge in [-0.15, -0.1) is 0 Å². The zero-order valence-corrected chi connectivity index (χ0v) is 12.4. The highest BCUT2D eigenvalue weighted by Crippen LogP contribution is 2.32. The molecule has 0 radical (unpaired) electrons. The molecule has 3 N–H and O–H groups in total. The Kier molecular flexibility index (Phi) is 6.42. The number of amides is 1. The van der Waals surface area contributed by atoms with E-state index in [1.54, 1.807) is 11.9 Å². The van der Waals surface area contributed by atoms with E-state index in [2.05, 4.69) is 5.32 Å². The van der Waals surface area contributed by atoms with E-state index in [4.69, 9.17) is 5.11 Å². The number of carbonyl (C=O) groups is 2. The van der Waals surface area contributed by atoms with E-state index in [1.807, 2.05) is 6.92 Å². The van der Waals surface area contributed by atoms with Gasteiger partial charge in [0.05, 0.1) is 18.1 Å². The lowest BCUT2D eigenvalue weighted by molar-refractivity contribution is -0.145. The fraction of sp³-hybridized carbons (Fsp3) is 0.857. The van der Waals surface area contributed by atoms with Crippen molar-refractivity contribution in [3.8, 4) is 0 Å². The summed E-state index contributed by atoms with van der Waals surface area (Å²) in [7, 11) is 1.80. The number of hydrogen-bond donors (Lipinski definition) is 3. The van der Waals surface area contributed by atoms with Crippen molar-refractivity contribution in [2.24, 2.45) is 5.92 Å². The van der Waals surface area contributed by atoms with Crippen molar-refractivity contribution in [1.29, 1.82) is 0 Å². The Hall–Kier alpha value is -1.14. The maximum absolute atomic E-state index is 11.6. The van der Waals surface area contributed by atoms with Crippen LogP contribution in [0, 0.1) is 5.92 Å². The highest BCUT2D eigenvalue weighted by Gasteiger charge is 2.36. The van der Waals surface area contributed by atoms with Gasteiger partial charge in [0.15, 0.2) is 0 Å². The second-order valence-corrected chi connectivity index (χ2v) is 5.86. The Morgan fingerprint density at radius 2 is 1.95 bits per heavy atom. The molecule has 0 spiro atoms. The van der Waals surface area contributed by atoms with E-state index < -0.39 is 11.6 Å². The normalized spacial score (nSPS) is 26.5. The summed E-state index contributed by atoms with van der Waals surface area (Å²) in [6.07, 6.45) is 2.86. The van der Waals surface area contributed by atoms with Crippen LogP contribution < -0.4 is 5.32 Å². The van der Waals surface area contributed by atoms with Crippen LogP contribution in [0.15, 0.2) is 0 Å². The van der Waals surface area contributed by atoms with Gasteiger partial charge in [-0.05, 0) is 39.2 Å². The first-order valence-corrected chi connectivity index (χ1v) is 7.27. The van der Waals surface area contributed by atoms with Gasteiger partial charge in [0.25, 0.3) is 0 Å². The molecule has 116 valence electrons. The van der Waals surface area contributed by atoms with Gasteiger partial charge in [0.1, 0.15) is 0 Å². The molecule has 0 aromatic heterocycles. The zero-order valence-electron chi connectivity index (χ0n) is 12.4. The number of carbonyl (C=O) groups excluding carboxylic acids is 1. The van der Waals surface area contributed by atoms with Crippen LogP contribution >= 0.6 is 0 Å². The Bertz CT molecular complexity index is 338. The Balaban J connectivity index is 2.36. The molecule has 1 fully saturated rings. The number of nitrogens with one attached hydrogen (secondary N) is 1. The number of likely N-dealkylation sites (N-methyl/N-ethyl adjacent to an activating group) is 1. The second-order valence-electron chi connectivity index (χ2n) is 5.86. The molecule has 0 bridgehead atoms. The molecule has 0 saturated heterocycles. The maximum Gasteiger partial charge on any atom is 0.306 e. The maximum atomic E-state index is 11.6. The molecular weight excluding hydrogens is 260 g/mol. The average Bonchev–Trinajstić information content (AvgIpc) is 2.36. The fourth-order valence-corrected chi connectivity index (χ4v) is 2.68. The summed E-state index contributed by atoms with van der Waals surface area (Å²) in [5.74, 6) is -1.16. The lowest BCUT2D eigenvalue weighted by Gasteiger charge is -2.37. The predicted octanol–water partition coefficient (Wildman–Crippen LogP) is 0.450. The summed E-state index contributed by atoms with van der Waals surface area (Å²) in [5.41, 5.74) is -0.869. The quantitative estimate of drug-likeness (QED) is 0.632. The highest BCUT2D eigenvalue weighted by molar-refractivity contribution is 5.77. The van der Waals surface area contributed by atoms with Crippen LogP contribution in [0.1, 0.15) is 39.0 Å². The SMILES string of the molecule is CCCNC(=O)CN(C)CC1(O)CCC(C(=O)O)CC1. The molecule has 1 aliphatic carbocycles. The highest BCUT2D eigenvalue weighted by atomic mass is 16.4. The van der Waals surface area contributed by atoms with Crippen molar-refractivity contribution >= 4 is 11.9 Å². The van der Waals surface area contributed by atoms with Gasteiger partial charge in [-0.25, -0.2) is 0 Å². The van der Waals surface area contributed by atoms with Crippen LogP contribution in [0.5, 0.6) is 0 Å². The summed E-state index contributed by atoms with van der Waals surface area (Å²) in [4.78, 5) is 24.3. The summed E-state index contributed by atoms with van der Waals surface area (Å²) in [5, 5.41) is 22.2. The van der Waals surface area contributed by atoms with Crippen LogP contribution in [0.3, 0.4) is 0 Å². The number of hydrogen-bond acceptors (Lipinski definition) is 4. The van der Waals surface area contributed by atoms with Gasteiger partial charge in [0, 0.05) is 13.1 Å². The molecule has 6 nitrogen and oxygen atoms in total. The number of carboxylic acids is 1. The Labute approximate surface area is 120 Å². The third-order valence-electron chi connectivity index (χ3n) is 3.82. The minimum Gasteiger partial charge on any atom is -0.481 e. The van der Waals surface area contributed by atoms with Crippen LogP contribution in [0.25, 0.3) is 0 Å².